The van der Waals surface area contributed by atoms with Gasteiger partial charge in [-0.05, 0) is 6.92 Å². The molecule has 0 saturated carbocycles. The third-order valence-corrected chi connectivity index (χ3v) is 18.0. The highest BCUT2D eigenvalue weighted by atomic mass is 35.6. The predicted molar refractivity (Wildman–Crippen MR) is 156 cm³/mol. The first-order valence-electron chi connectivity index (χ1n) is 6.72. The minimum atomic E-state index is -3.15. The maximum atomic E-state index is 6.31. The molecule has 0 aliphatic heterocycles. The highest BCUT2D eigenvalue weighted by molar-refractivity contribution is 6.83. The fourth-order valence-electron chi connectivity index (χ4n) is 1.64. The van der Waals surface area contributed by atoms with E-state index in [0.717, 1.165) is 6.92 Å². The van der Waals surface area contributed by atoms with Gasteiger partial charge in [-0.15, -0.1) is 0 Å². The van der Waals surface area contributed by atoms with Crippen molar-refractivity contribution in [3.63, 3.8) is 0 Å². The Kier molecular flexibility index (Phi) is 13.2. The van der Waals surface area contributed by atoms with Gasteiger partial charge in [-0.25, -0.2) is 0 Å². The number of hydrogen-bond donors (Lipinski definition) is 0. The highest BCUT2D eigenvalue weighted by Gasteiger charge is 2.83. The van der Waals surface area contributed by atoms with Gasteiger partial charge in [-0.3, -0.25) is 0 Å². The molecular formula is C11H3Cl21. The Bertz CT molecular complexity index is 628. The summed E-state index contributed by atoms with van der Waals surface area (Å²) < 4.78 is -28.7. The van der Waals surface area contributed by atoms with E-state index in [2.05, 4.69) is 0 Å². The molecule has 32 heavy (non-hydrogen) atoms. The van der Waals surface area contributed by atoms with Gasteiger partial charge < -0.3 is 0 Å². The molecule has 0 nitrogen and oxygen atoms in total. The van der Waals surface area contributed by atoms with E-state index in [1.165, 1.54) is 0 Å². The van der Waals surface area contributed by atoms with Gasteiger partial charge in [0.2, 0.25) is 8.13 Å². The van der Waals surface area contributed by atoms with Crippen LogP contribution in [-0.2, 0) is 0 Å². The molecule has 194 valence electrons. The molecule has 0 heterocycles. The van der Waals surface area contributed by atoms with Crippen molar-refractivity contribution >= 4 is 244 Å². The second-order valence-electron chi connectivity index (χ2n) is 5.98. The Morgan fingerprint density at radius 2 is 0.406 bits per heavy atom. The van der Waals surface area contributed by atoms with Gasteiger partial charge in [0.25, 0.3) is 0 Å². The summed E-state index contributed by atoms with van der Waals surface area (Å²) in [6, 6.07) is 0. The zero-order valence-electron chi connectivity index (χ0n) is 13.9. The average molecular weight is 880 g/mol. The summed E-state index contributed by atoms with van der Waals surface area (Å²) in [6.07, 6.45) is 0. The second kappa shape index (κ2) is 11.1. The van der Waals surface area contributed by atoms with Crippen LogP contribution >= 0.6 is 244 Å². The van der Waals surface area contributed by atoms with E-state index in [0.29, 0.717) is 0 Å². The van der Waals surface area contributed by atoms with Crippen molar-refractivity contribution in [3.05, 3.63) is 0 Å². The van der Waals surface area contributed by atoms with E-state index < -0.39 is 42.8 Å². The molecule has 0 N–H and O–H groups in total. The average Bonchev–Trinajstić information content (AvgIpc) is 2.51. The van der Waals surface area contributed by atoms with Crippen LogP contribution in [0, 0.1) is 0 Å². The lowest BCUT2D eigenvalue weighted by molar-refractivity contribution is 0.431. The first-order chi connectivity index (χ1) is 13.2. The van der Waals surface area contributed by atoms with Crippen LogP contribution in [0.5, 0.6) is 0 Å². The van der Waals surface area contributed by atoms with Crippen molar-refractivity contribution in [2.45, 2.75) is 49.7 Å². The fraction of sp³-hybridized carbons (Fsp3) is 1.00. The molecule has 21 heteroatoms. The summed E-state index contributed by atoms with van der Waals surface area (Å²) in [5.74, 6) is 0. The number of rotatable bonds is 8. The zero-order chi connectivity index (χ0) is 27.0. The first kappa shape index (κ1) is 38.1. The Labute approximate surface area is 289 Å². The quantitative estimate of drug-likeness (QED) is 0.213. The van der Waals surface area contributed by atoms with Crippen LogP contribution in [0.3, 0.4) is 0 Å². The lowest BCUT2D eigenvalue weighted by Gasteiger charge is -2.56. The second-order valence-corrected chi connectivity index (χ2v) is 20.6. The van der Waals surface area contributed by atoms with Crippen molar-refractivity contribution in [1.29, 1.82) is 0 Å². The lowest BCUT2D eigenvalue weighted by atomic mass is 10.0. The molecule has 0 amide bonds. The fourth-order valence-corrected chi connectivity index (χ4v) is 8.05. The number of hydrogen-bond acceptors (Lipinski definition) is 0. The maximum Gasteiger partial charge on any atom is 0.226 e. The van der Waals surface area contributed by atoms with Crippen LogP contribution < -0.4 is 0 Å². The molecule has 0 unspecified atom stereocenters. The van der Waals surface area contributed by atoms with Crippen LogP contribution in [0.4, 0.5) is 0 Å². The molecule has 0 saturated heterocycles. The van der Waals surface area contributed by atoms with Gasteiger partial charge in [0.15, 0.2) is 34.7 Å². The van der Waals surface area contributed by atoms with Gasteiger partial charge in [-0.1, -0.05) is 244 Å². The van der Waals surface area contributed by atoms with E-state index in [1.807, 2.05) is 0 Å². The Morgan fingerprint density at radius 3 is 0.562 bits per heavy atom. The molecular weight excluding hydrogens is 877 g/mol. The monoisotopic (exact) mass is 869 g/mol. The molecule has 0 aromatic carbocycles. The highest BCUT2D eigenvalue weighted by Crippen LogP contribution is 2.74. The van der Waals surface area contributed by atoms with Gasteiger partial charge in [0.1, 0.15) is 0 Å². The topological polar surface area (TPSA) is 0 Å². The minimum Gasteiger partial charge on any atom is -0.0985 e. The Morgan fingerprint density at radius 1 is 0.250 bits per heavy atom. The van der Waals surface area contributed by atoms with Crippen LogP contribution in [0.25, 0.3) is 0 Å². The van der Waals surface area contributed by atoms with Crippen LogP contribution in [0.15, 0.2) is 0 Å². The Balaban J connectivity index is 7.00. The molecule has 0 aromatic heterocycles. The summed E-state index contributed by atoms with van der Waals surface area (Å²) in [7, 11) is 0. The van der Waals surface area contributed by atoms with E-state index in [-0.39, 0.29) is 0 Å². The smallest absolute Gasteiger partial charge is 0.0985 e. The summed E-state index contributed by atoms with van der Waals surface area (Å²) >= 11 is 128. The third kappa shape index (κ3) is 5.86. The van der Waals surface area contributed by atoms with Gasteiger partial charge >= 0.3 is 0 Å². The molecule has 0 aliphatic rings. The van der Waals surface area contributed by atoms with Gasteiger partial charge in [0, 0.05) is 0 Å². The summed E-state index contributed by atoms with van der Waals surface area (Å²) in [4.78, 5) is 0. The summed E-state index contributed by atoms with van der Waals surface area (Å²) in [5, 5.41) is 0. The normalized spacial score (nSPS) is 17.1. The molecule has 0 aromatic rings. The van der Waals surface area contributed by atoms with E-state index in [9.17, 15) is 0 Å². The molecule has 0 rings (SSSR count). The predicted octanol–water partition coefficient (Wildman–Crippen LogP) is 12.9. The number of alkyl halides is 21. The van der Waals surface area contributed by atoms with E-state index >= 15 is 0 Å². The molecule has 0 aliphatic carbocycles. The molecule has 0 radical (unpaired) electrons. The van der Waals surface area contributed by atoms with E-state index in [1.54, 1.807) is 0 Å². The number of halogens is 21. The van der Waals surface area contributed by atoms with E-state index in [4.69, 9.17) is 244 Å². The largest absolute Gasteiger partial charge is 0.226 e. The lowest BCUT2D eigenvalue weighted by Crippen LogP contribution is -2.72. The summed E-state index contributed by atoms with van der Waals surface area (Å²) in [6.45, 7) is 1.07. The zero-order valence-corrected chi connectivity index (χ0v) is 29.8. The van der Waals surface area contributed by atoms with Crippen LogP contribution in [0.2, 0.25) is 0 Å². The Hall–Kier alpha value is 6.09. The SMILES string of the molecule is CC(Cl)(Cl)C(Cl)(Cl)C(Cl)(Cl)C(Cl)(Cl)C(Cl)(Cl)C(Cl)(Cl)C(Cl)(Cl)C(Cl)(Cl)C(Cl)(Cl)C(Cl)(Cl)Cl. The van der Waals surface area contributed by atoms with Crippen molar-refractivity contribution in [2.75, 3.05) is 0 Å². The van der Waals surface area contributed by atoms with Gasteiger partial charge in [0.05, 0.1) is 0 Å². The summed E-state index contributed by atoms with van der Waals surface area (Å²) in [5.41, 5.74) is 0. The molecule has 0 atom stereocenters. The standard InChI is InChI=1S/C11H3Cl21/c1-2(12,13)3(14,15)4(16,17)5(18,19)6(20,21)7(22,23)8(24,25)9(26,27)10(28,29)11(30,31)32/h1H3. The van der Waals surface area contributed by atoms with Gasteiger partial charge in [-0.2, -0.15) is 0 Å². The van der Waals surface area contributed by atoms with Crippen molar-refractivity contribution in [3.8, 4) is 0 Å². The van der Waals surface area contributed by atoms with Crippen LogP contribution in [-0.4, -0.2) is 42.8 Å². The maximum absolute atomic E-state index is 6.31. The van der Waals surface area contributed by atoms with Crippen molar-refractivity contribution in [2.24, 2.45) is 0 Å². The van der Waals surface area contributed by atoms with Crippen molar-refractivity contribution < 1.29 is 0 Å². The third-order valence-electron chi connectivity index (χ3n) is 3.67. The molecule has 0 bridgehead atoms. The van der Waals surface area contributed by atoms with Crippen LogP contribution in [0.1, 0.15) is 6.92 Å². The molecule has 0 fully saturated rings. The molecule has 0 spiro atoms. The first-order valence-corrected chi connectivity index (χ1v) is 14.7. The van der Waals surface area contributed by atoms with Crippen molar-refractivity contribution in [1.82, 2.24) is 0 Å². The minimum absolute atomic E-state index is 1.07.